The van der Waals surface area contributed by atoms with Crippen LogP contribution in [-0.2, 0) is 14.4 Å². The standard InChI is InChI=1S/C9H14O5S/c1-15-5-3-2-4-6(8(11)12)7(10)9(13)14/h6H,2-5H2,1H3,(H,11,12)(H,13,14)/p-2. The summed E-state index contributed by atoms with van der Waals surface area (Å²) in [5.74, 6) is -5.74. The zero-order valence-corrected chi connectivity index (χ0v) is 9.17. The molecule has 15 heavy (non-hydrogen) atoms. The molecule has 0 aromatic heterocycles. The van der Waals surface area contributed by atoms with Gasteiger partial charge in [-0.25, -0.2) is 0 Å². The molecule has 0 fully saturated rings. The lowest BCUT2D eigenvalue weighted by Gasteiger charge is -2.16. The van der Waals surface area contributed by atoms with Gasteiger partial charge in [0.2, 0.25) is 0 Å². The second kappa shape index (κ2) is 7.28. The van der Waals surface area contributed by atoms with Crippen molar-refractivity contribution in [3.63, 3.8) is 0 Å². The van der Waals surface area contributed by atoms with Crippen LogP contribution in [0, 0.1) is 5.92 Å². The quantitative estimate of drug-likeness (QED) is 0.278. The Morgan fingerprint density at radius 2 is 1.80 bits per heavy atom. The number of aliphatic carboxylic acids is 2. The van der Waals surface area contributed by atoms with E-state index in [1.165, 1.54) is 0 Å². The number of carboxylic acid groups (broad SMARTS) is 2. The molecule has 0 bridgehead atoms. The minimum Gasteiger partial charge on any atom is -0.549 e. The maximum atomic E-state index is 10.9. The summed E-state index contributed by atoms with van der Waals surface area (Å²) in [5.41, 5.74) is 0. The fourth-order valence-electron chi connectivity index (χ4n) is 1.09. The van der Waals surface area contributed by atoms with Crippen LogP contribution in [0.5, 0.6) is 0 Å². The Morgan fingerprint density at radius 3 is 2.20 bits per heavy atom. The molecule has 0 aliphatic heterocycles. The number of carbonyl (C=O) groups excluding carboxylic acids is 3. The molecule has 0 radical (unpaired) electrons. The highest BCUT2D eigenvalue weighted by atomic mass is 32.2. The third kappa shape index (κ3) is 5.41. The zero-order chi connectivity index (χ0) is 11.8. The lowest BCUT2D eigenvalue weighted by molar-refractivity contribution is -0.314. The van der Waals surface area contributed by atoms with E-state index in [4.69, 9.17) is 0 Å². The van der Waals surface area contributed by atoms with Gasteiger partial charge in [0.05, 0.1) is 11.9 Å². The van der Waals surface area contributed by atoms with Crippen molar-refractivity contribution in [2.24, 2.45) is 5.92 Å². The van der Waals surface area contributed by atoms with E-state index >= 15 is 0 Å². The van der Waals surface area contributed by atoms with Crippen molar-refractivity contribution in [2.45, 2.75) is 19.3 Å². The van der Waals surface area contributed by atoms with Crippen molar-refractivity contribution in [1.29, 1.82) is 0 Å². The summed E-state index contributed by atoms with van der Waals surface area (Å²) in [6.07, 6.45) is 3.13. The van der Waals surface area contributed by atoms with Crippen LogP contribution in [0.25, 0.3) is 0 Å². The number of hydrogen-bond acceptors (Lipinski definition) is 6. The zero-order valence-electron chi connectivity index (χ0n) is 8.36. The van der Waals surface area contributed by atoms with Gasteiger partial charge in [0.15, 0.2) is 5.78 Å². The molecule has 1 unspecified atom stereocenters. The lowest BCUT2D eigenvalue weighted by Crippen LogP contribution is -2.44. The first kappa shape index (κ1) is 14.0. The molecule has 0 N–H and O–H groups in total. The van der Waals surface area contributed by atoms with Crippen LogP contribution in [0.15, 0.2) is 0 Å². The highest BCUT2D eigenvalue weighted by Crippen LogP contribution is 2.11. The molecule has 0 heterocycles. The number of carboxylic acids is 2. The number of rotatable bonds is 8. The fourth-order valence-corrected chi connectivity index (χ4v) is 1.59. The largest absolute Gasteiger partial charge is 0.549 e. The average molecular weight is 232 g/mol. The van der Waals surface area contributed by atoms with Gasteiger partial charge in [-0.05, 0) is 24.9 Å². The van der Waals surface area contributed by atoms with Crippen molar-refractivity contribution in [3.05, 3.63) is 0 Å². The van der Waals surface area contributed by atoms with E-state index in [2.05, 4.69) is 0 Å². The Bertz CT molecular complexity index is 251. The number of hydrogen-bond donors (Lipinski definition) is 0. The van der Waals surface area contributed by atoms with E-state index in [9.17, 15) is 24.6 Å². The molecule has 0 saturated heterocycles. The molecule has 0 aliphatic carbocycles. The Morgan fingerprint density at radius 1 is 1.20 bits per heavy atom. The van der Waals surface area contributed by atoms with Crippen molar-refractivity contribution < 1.29 is 24.6 Å². The molecule has 0 spiro atoms. The van der Waals surface area contributed by atoms with Crippen molar-refractivity contribution >= 4 is 29.5 Å². The number of unbranched alkanes of at least 4 members (excludes halogenated alkanes) is 1. The smallest absolute Gasteiger partial charge is 0.186 e. The summed E-state index contributed by atoms with van der Waals surface area (Å²) < 4.78 is 0. The van der Waals surface area contributed by atoms with E-state index in [0.29, 0.717) is 6.42 Å². The summed E-state index contributed by atoms with van der Waals surface area (Å²) in [6.45, 7) is 0. The fraction of sp³-hybridized carbons (Fsp3) is 0.667. The van der Waals surface area contributed by atoms with Gasteiger partial charge in [-0.2, -0.15) is 11.8 Å². The summed E-state index contributed by atoms with van der Waals surface area (Å²) in [4.78, 5) is 31.5. The SMILES string of the molecule is CSCCCCC(C(=O)[O-])C(=O)C(=O)[O-]. The molecular weight excluding hydrogens is 220 g/mol. The Kier molecular flexibility index (Phi) is 6.77. The topological polar surface area (TPSA) is 97.3 Å². The first-order valence-electron chi connectivity index (χ1n) is 4.45. The molecular formula is C9H12O5S-2. The molecule has 1 atom stereocenters. The van der Waals surface area contributed by atoms with E-state index in [1.54, 1.807) is 11.8 Å². The minimum absolute atomic E-state index is 0.00426. The highest BCUT2D eigenvalue weighted by molar-refractivity contribution is 7.98. The normalized spacial score (nSPS) is 12.1. The molecule has 6 heteroatoms. The summed E-state index contributed by atoms with van der Waals surface area (Å²) in [7, 11) is 0. The Balaban J connectivity index is 4.12. The van der Waals surface area contributed by atoms with Gasteiger partial charge in [-0.1, -0.05) is 6.42 Å². The van der Waals surface area contributed by atoms with Crippen LogP contribution in [-0.4, -0.2) is 29.7 Å². The number of thioether (sulfide) groups is 1. The van der Waals surface area contributed by atoms with E-state index in [1.807, 2.05) is 6.26 Å². The predicted octanol–water partition coefficient (Wildman–Crippen LogP) is -1.80. The monoisotopic (exact) mass is 232 g/mol. The van der Waals surface area contributed by atoms with Gasteiger partial charge >= 0.3 is 0 Å². The van der Waals surface area contributed by atoms with E-state index < -0.39 is 23.6 Å². The maximum Gasteiger partial charge on any atom is 0.186 e. The average Bonchev–Trinajstić information content (AvgIpc) is 2.16. The molecule has 5 nitrogen and oxygen atoms in total. The van der Waals surface area contributed by atoms with Crippen molar-refractivity contribution in [2.75, 3.05) is 12.0 Å². The van der Waals surface area contributed by atoms with Gasteiger partial charge in [-0.15, -0.1) is 0 Å². The Labute approximate surface area is 91.9 Å². The highest BCUT2D eigenvalue weighted by Gasteiger charge is 2.19. The molecule has 0 aromatic rings. The molecule has 0 aliphatic rings. The van der Waals surface area contributed by atoms with Crippen LogP contribution in [0.4, 0.5) is 0 Å². The number of ketones is 1. The molecule has 0 rings (SSSR count). The van der Waals surface area contributed by atoms with Gasteiger partial charge in [0, 0.05) is 0 Å². The summed E-state index contributed by atoms with van der Waals surface area (Å²) in [6, 6.07) is 0. The number of Topliss-reactive ketones (excluding diaryl/α,β-unsaturated/α-hetero) is 1. The van der Waals surface area contributed by atoms with Gasteiger partial charge in [0.25, 0.3) is 0 Å². The lowest BCUT2D eigenvalue weighted by atomic mass is 9.98. The molecule has 0 aromatic carbocycles. The maximum absolute atomic E-state index is 10.9. The molecule has 86 valence electrons. The van der Waals surface area contributed by atoms with Gasteiger partial charge in [-0.3, -0.25) is 4.79 Å². The summed E-state index contributed by atoms with van der Waals surface area (Å²) in [5, 5.41) is 20.7. The van der Waals surface area contributed by atoms with E-state index in [-0.39, 0.29) is 6.42 Å². The van der Waals surface area contributed by atoms with Crippen LogP contribution in [0.2, 0.25) is 0 Å². The van der Waals surface area contributed by atoms with E-state index in [0.717, 1.165) is 12.2 Å². The molecule has 0 amide bonds. The minimum atomic E-state index is -1.96. The second-order valence-corrected chi connectivity index (χ2v) is 4.00. The van der Waals surface area contributed by atoms with Crippen LogP contribution >= 0.6 is 11.8 Å². The first-order valence-corrected chi connectivity index (χ1v) is 5.85. The Hall–Kier alpha value is -1.04. The van der Waals surface area contributed by atoms with Gasteiger partial charge < -0.3 is 19.8 Å². The first-order chi connectivity index (χ1) is 7.00. The predicted molar refractivity (Wildman–Crippen MR) is 50.7 cm³/mol. The van der Waals surface area contributed by atoms with Crippen LogP contribution in [0.1, 0.15) is 19.3 Å². The van der Waals surface area contributed by atoms with Crippen molar-refractivity contribution in [1.82, 2.24) is 0 Å². The third-order valence-electron chi connectivity index (χ3n) is 1.89. The number of carbonyl (C=O) groups is 3. The van der Waals surface area contributed by atoms with Gasteiger partial charge in [0.1, 0.15) is 5.97 Å². The van der Waals surface area contributed by atoms with Crippen molar-refractivity contribution in [3.8, 4) is 0 Å². The molecule has 0 saturated carbocycles. The van der Waals surface area contributed by atoms with Crippen LogP contribution < -0.4 is 10.2 Å². The second-order valence-electron chi connectivity index (χ2n) is 3.01. The third-order valence-corrected chi connectivity index (χ3v) is 2.59. The summed E-state index contributed by atoms with van der Waals surface area (Å²) >= 11 is 1.60. The van der Waals surface area contributed by atoms with Crippen LogP contribution in [0.3, 0.4) is 0 Å².